The van der Waals surface area contributed by atoms with Gasteiger partial charge in [0, 0.05) is 13.2 Å². The fourth-order valence-corrected chi connectivity index (χ4v) is 3.53. The van der Waals surface area contributed by atoms with Crippen molar-refractivity contribution in [1.82, 2.24) is 0 Å². The lowest BCUT2D eigenvalue weighted by atomic mass is 10.2. The van der Waals surface area contributed by atoms with Crippen LogP contribution in [0, 0.1) is 11.3 Å². The molecule has 6 heteroatoms. The standard InChI is InChI=1S/C16H16N2O3S/c17-13-14-7-9-16(10-8-14)22(20,21)18(11-4-12-19)15-5-2-1-3-6-15/h1-3,5-10,19H,4,11-12H2. The van der Waals surface area contributed by atoms with Gasteiger partial charge in [0.15, 0.2) is 0 Å². The maximum atomic E-state index is 12.8. The minimum atomic E-state index is -3.74. The SMILES string of the molecule is N#Cc1ccc(S(=O)(=O)N(CCCO)c2ccccc2)cc1. The molecule has 2 aromatic carbocycles. The van der Waals surface area contributed by atoms with Crippen molar-refractivity contribution in [3.8, 4) is 6.07 Å². The number of benzene rings is 2. The molecule has 0 aromatic heterocycles. The summed E-state index contributed by atoms with van der Waals surface area (Å²) in [5.41, 5.74) is 0.945. The third kappa shape index (κ3) is 3.45. The Morgan fingerprint density at radius 1 is 1.05 bits per heavy atom. The van der Waals surface area contributed by atoms with Crippen LogP contribution in [0.2, 0.25) is 0 Å². The van der Waals surface area contributed by atoms with Gasteiger partial charge in [0.25, 0.3) is 10.0 Å². The third-order valence-electron chi connectivity index (χ3n) is 3.13. The molecule has 0 spiro atoms. The van der Waals surface area contributed by atoms with E-state index in [-0.39, 0.29) is 18.0 Å². The number of rotatable bonds is 6. The number of sulfonamides is 1. The lowest BCUT2D eigenvalue weighted by Crippen LogP contribution is -2.32. The van der Waals surface area contributed by atoms with Gasteiger partial charge in [-0.15, -0.1) is 0 Å². The van der Waals surface area contributed by atoms with E-state index in [2.05, 4.69) is 0 Å². The minimum Gasteiger partial charge on any atom is -0.396 e. The maximum Gasteiger partial charge on any atom is 0.264 e. The van der Waals surface area contributed by atoms with Gasteiger partial charge in [0.05, 0.1) is 22.2 Å². The van der Waals surface area contributed by atoms with Crippen LogP contribution in [0.4, 0.5) is 5.69 Å². The number of aliphatic hydroxyl groups is 1. The average molecular weight is 316 g/mol. The Labute approximate surface area is 130 Å². The van der Waals surface area contributed by atoms with E-state index in [1.54, 1.807) is 24.3 Å². The Kier molecular flexibility index (Phi) is 5.15. The molecular weight excluding hydrogens is 300 g/mol. The molecule has 0 bridgehead atoms. The van der Waals surface area contributed by atoms with E-state index in [9.17, 15) is 8.42 Å². The Hall–Kier alpha value is -2.36. The van der Waals surface area contributed by atoms with Crippen molar-refractivity contribution in [3.05, 3.63) is 60.2 Å². The van der Waals surface area contributed by atoms with E-state index in [1.165, 1.54) is 28.6 Å². The third-order valence-corrected chi connectivity index (χ3v) is 4.98. The molecule has 0 radical (unpaired) electrons. The van der Waals surface area contributed by atoms with Gasteiger partial charge < -0.3 is 5.11 Å². The number of nitrogens with zero attached hydrogens (tertiary/aromatic N) is 2. The van der Waals surface area contributed by atoms with E-state index in [0.717, 1.165) is 0 Å². The summed E-state index contributed by atoms with van der Waals surface area (Å²) in [5.74, 6) is 0. The van der Waals surface area contributed by atoms with E-state index < -0.39 is 10.0 Å². The van der Waals surface area contributed by atoms with Gasteiger partial charge >= 0.3 is 0 Å². The second kappa shape index (κ2) is 7.07. The van der Waals surface area contributed by atoms with Crippen molar-refractivity contribution < 1.29 is 13.5 Å². The first-order chi connectivity index (χ1) is 10.6. The molecule has 0 saturated carbocycles. The molecule has 0 atom stereocenters. The van der Waals surface area contributed by atoms with Crippen LogP contribution in [0.15, 0.2) is 59.5 Å². The molecule has 2 rings (SSSR count). The zero-order valence-corrected chi connectivity index (χ0v) is 12.7. The van der Waals surface area contributed by atoms with Gasteiger partial charge in [-0.2, -0.15) is 5.26 Å². The van der Waals surface area contributed by atoms with E-state index in [0.29, 0.717) is 17.7 Å². The smallest absolute Gasteiger partial charge is 0.264 e. The first-order valence-electron chi connectivity index (χ1n) is 6.78. The quantitative estimate of drug-likeness (QED) is 0.885. The number of para-hydroxylation sites is 1. The van der Waals surface area contributed by atoms with Crippen molar-refractivity contribution in [3.63, 3.8) is 0 Å². The molecule has 0 aliphatic heterocycles. The number of hydrogen-bond acceptors (Lipinski definition) is 4. The van der Waals surface area contributed by atoms with Crippen LogP contribution in [-0.2, 0) is 10.0 Å². The topological polar surface area (TPSA) is 81.4 Å². The predicted octanol–water partition coefficient (Wildman–Crippen LogP) is 2.14. The first kappa shape index (κ1) is 16.0. The van der Waals surface area contributed by atoms with Gasteiger partial charge in [-0.3, -0.25) is 4.31 Å². The van der Waals surface area contributed by atoms with E-state index in [4.69, 9.17) is 10.4 Å². The molecule has 5 nitrogen and oxygen atoms in total. The number of nitriles is 1. The second-order valence-corrected chi connectivity index (χ2v) is 6.49. The van der Waals surface area contributed by atoms with Crippen LogP contribution in [-0.4, -0.2) is 26.7 Å². The highest BCUT2D eigenvalue weighted by Gasteiger charge is 2.24. The summed E-state index contributed by atoms with van der Waals surface area (Å²) in [5, 5.41) is 17.8. The van der Waals surface area contributed by atoms with Crippen molar-refractivity contribution in [2.24, 2.45) is 0 Å². The molecule has 0 saturated heterocycles. The van der Waals surface area contributed by atoms with Crippen LogP contribution in [0.1, 0.15) is 12.0 Å². The molecule has 0 amide bonds. The highest BCUT2D eigenvalue weighted by Crippen LogP contribution is 2.23. The lowest BCUT2D eigenvalue weighted by molar-refractivity contribution is 0.291. The fourth-order valence-electron chi connectivity index (χ4n) is 2.03. The van der Waals surface area contributed by atoms with Gasteiger partial charge in [-0.05, 0) is 42.8 Å². The Balaban J connectivity index is 2.42. The summed E-state index contributed by atoms with van der Waals surface area (Å²) in [6, 6.07) is 16.5. The lowest BCUT2D eigenvalue weighted by Gasteiger charge is -2.24. The Bertz CT molecular complexity index is 750. The molecular formula is C16H16N2O3S. The predicted molar refractivity (Wildman–Crippen MR) is 83.8 cm³/mol. The van der Waals surface area contributed by atoms with Crippen LogP contribution in [0.25, 0.3) is 0 Å². The Morgan fingerprint density at radius 2 is 1.68 bits per heavy atom. The fraction of sp³-hybridized carbons (Fsp3) is 0.188. The second-order valence-electron chi connectivity index (χ2n) is 4.63. The highest BCUT2D eigenvalue weighted by molar-refractivity contribution is 7.92. The molecule has 0 aliphatic carbocycles. The summed E-state index contributed by atoms with van der Waals surface area (Å²) >= 11 is 0. The molecule has 0 unspecified atom stereocenters. The van der Waals surface area contributed by atoms with Crippen LogP contribution in [0.3, 0.4) is 0 Å². The largest absolute Gasteiger partial charge is 0.396 e. The zero-order chi connectivity index (χ0) is 16.0. The average Bonchev–Trinajstić information content (AvgIpc) is 2.56. The van der Waals surface area contributed by atoms with Crippen molar-refractivity contribution in [2.75, 3.05) is 17.5 Å². The zero-order valence-electron chi connectivity index (χ0n) is 11.9. The minimum absolute atomic E-state index is 0.0910. The number of anilines is 1. The van der Waals surface area contributed by atoms with Gasteiger partial charge in [0.2, 0.25) is 0 Å². The van der Waals surface area contributed by atoms with Crippen LogP contribution < -0.4 is 4.31 Å². The summed E-state index contributed by atoms with van der Waals surface area (Å²) in [4.78, 5) is 0.119. The number of aliphatic hydroxyl groups excluding tert-OH is 1. The van der Waals surface area contributed by atoms with Crippen LogP contribution in [0.5, 0.6) is 0 Å². The molecule has 114 valence electrons. The number of hydrogen-bond donors (Lipinski definition) is 1. The highest BCUT2D eigenvalue weighted by atomic mass is 32.2. The summed E-state index contributed by atoms with van der Waals surface area (Å²) in [6.45, 7) is 0.0923. The van der Waals surface area contributed by atoms with E-state index in [1.807, 2.05) is 12.1 Å². The molecule has 0 heterocycles. The normalized spacial score (nSPS) is 10.9. The maximum absolute atomic E-state index is 12.8. The van der Waals surface area contributed by atoms with Crippen molar-refractivity contribution in [1.29, 1.82) is 5.26 Å². The first-order valence-corrected chi connectivity index (χ1v) is 8.22. The summed E-state index contributed by atoms with van der Waals surface area (Å²) < 4.78 is 26.9. The molecule has 0 aliphatic rings. The molecule has 0 fully saturated rings. The van der Waals surface area contributed by atoms with Gasteiger partial charge in [-0.1, -0.05) is 18.2 Å². The van der Waals surface area contributed by atoms with Crippen molar-refractivity contribution in [2.45, 2.75) is 11.3 Å². The Morgan fingerprint density at radius 3 is 2.23 bits per heavy atom. The monoisotopic (exact) mass is 316 g/mol. The van der Waals surface area contributed by atoms with E-state index >= 15 is 0 Å². The molecule has 22 heavy (non-hydrogen) atoms. The molecule has 2 aromatic rings. The summed E-state index contributed by atoms with van der Waals surface area (Å²) in [6.07, 6.45) is 0.338. The summed E-state index contributed by atoms with van der Waals surface area (Å²) in [7, 11) is -3.74. The van der Waals surface area contributed by atoms with Gasteiger partial charge in [0.1, 0.15) is 0 Å². The molecule has 1 N–H and O–H groups in total. The van der Waals surface area contributed by atoms with Crippen molar-refractivity contribution >= 4 is 15.7 Å². The van der Waals surface area contributed by atoms with Gasteiger partial charge in [-0.25, -0.2) is 8.42 Å². The van der Waals surface area contributed by atoms with Crippen LogP contribution >= 0.6 is 0 Å².